The Bertz CT molecular complexity index is 107. The van der Waals surface area contributed by atoms with Crippen molar-refractivity contribution < 1.29 is 0 Å². The summed E-state index contributed by atoms with van der Waals surface area (Å²) in [6, 6.07) is 1.67. The molecule has 1 fully saturated rings. The van der Waals surface area contributed by atoms with Crippen LogP contribution in [-0.4, -0.2) is 24.0 Å². The second-order valence-electron chi connectivity index (χ2n) is 3.70. The maximum absolute atomic E-state index is 2.52. The Balaban J connectivity index is 2.27. The molecule has 0 amide bonds. The van der Waals surface area contributed by atoms with Crippen LogP contribution in [0.1, 0.15) is 33.6 Å². The van der Waals surface area contributed by atoms with Crippen LogP contribution in [0.2, 0.25) is 0 Å². The Morgan fingerprint density at radius 3 is 2.40 bits per heavy atom. The highest BCUT2D eigenvalue weighted by Gasteiger charge is 2.37. The van der Waals surface area contributed by atoms with Gasteiger partial charge in [0.2, 0.25) is 0 Å². The SMILES string of the molecule is CCC(C)N(C)C1CC1C. The molecule has 60 valence electrons. The van der Waals surface area contributed by atoms with E-state index in [1.54, 1.807) is 0 Å². The number of rotatable bonds is 3. The molecule has 1 aliphatic rings. The number of nitrogens with zero attached hydrogens (tertiary/aromatic N) is 1. The predicted molar refractivity (Wildman–Crippen MR) is 45.1 cm³/mol. The minimum atomic E-state index is 0.773. The minimum Gasteiger partial charge on any atom is -0.300 e. The fraction of sp³-hybridized carbons (Fsp3) is 1.00. The summed E-state index contributed by atoms with van der Waals surface area (Å²) in [6.45, 7) is 6.91. The smallest absolute Gasteiger partial charge is 0.0124 e. The molecule has 0 saturated heterocycles. The maximum Gasteiger partial charge on any atom is 0.0124 e. The molecule has 1 nitrogen and oxygen atoms in total. The lowest BCUT2D eigenvalue weighted by molar-refractivity contribution is 0.233. The van der Waals surface area contributed by atoms with Crippen molar-refractivity contribution in [1.82, 2.24) is 4.90 Å². The van der Waals surface area contributed by atoms with Crippen molar-refractivity contribution in [2.24, 2.45) is 5.92 Å². The molecule has 1 heteroatoms. The summed E-state index contributed by atoms with van der Waals surface area (Å²) in [5.41, 5.74) is 0. The summed E-state index contributed by atoms with van der Waals surface area (Å²) in [6.07, 6.45) is 2.70. The topological polar surface area (TPSA) is 3.24 Å². The summed E-state index contributed by atoms with van der Waals surface area (Å²) >= 11 is 0. The second kappa shape index (κ2) is 2.91. The Hall–Kier alpha value is -0.0400. The van der Waals surface area contributed by atoms with Gasteiger partial charge in [-0.15, -0.1) is 0 Å². The van der Waals surface area contributed by atoms with E-state index in [0.717, 1.165) is 18.0 Å². The molecule has 0 aromatic carbocycles. The van der Waals surface area contributed by atoms with Crippen LogP contribution in [0.25, 0.3) is 0 Å². The van der Waals surface area contributed by atoms with Crippen molar-refractivity contribution in [3.05, 3.63) is 0 Å². The van der Waals surface area contributed by atoms with Crippen LogP contribution in [-0.2, 0) is 0 Å². The van der Waals surface area contributed by atoms with E-state index < -0.39 is 0 Å². The van der Waals surface area contributed by atoms with Gasteiger partial charge < -0.3 is 4.90 Å². The summed E-state index contributed by atoms with van der Waals surface area (Å²) in [5.74, 6) is 0.957. The molecule has 0 N–H and O–H groups in total. The highest BCUT2D eigenvalue weighted by molar-refractivity contribution is 4.92. The van der Waals surface area contributed by atoms with Gasteiger partial charge in [-0.3, -0.25) is 0 Å². The first kappa shape index (κ1) is 8.06. The van der Waals surface area contributed by atoms with Gasteiger partial charge in [0.1, 0.15) is 0 Å². The molecule has 0 aromatic heterocycles. The van der Waals surface area contributed by atoms with E-state index in [0.29, 0.717) is 0 Å². The van der Waals surface area contributed by atoms with Crippen molar-refractivity contribution in [3.63, 3.8) is 0 Å². The Morgan fingerprint density at radius 1 is 1.60 bits per heavy atom. The van der Waals surface area contributed by atoms with Crippen LogP contribution >= 0.6 is 0 Å². The summed E-state index contributed by atoms with van der Waals surface area (Å²) in [7, 11) is 2.25. The summed E-state index contributed by atoms with van der Waals surface area (Å²) in [4.78, 5) is 2.52. The normalized spacial score (nSPS) is 34.5. The van der Waals surface area contributed by atoms with Gasteiger partial charge in [-0.2, -0.15) is 0 Å². The lowest BCUT2D eigenvalue weighted by Gasteiger charge is -2.23. The molecule has 3 unspecified atom stereocenters. The van der Waals surface area contributed by atoms with Gasteiger partial charge in [-0.25, -0.2) is 0 Å². The van der Waals surface area contributed by atoms with Crippen LogP contribution in [0, 0.1) is 5.92 Å². The average molecular weight is 141 g/mol. The van der Waals surface area contributed by atoms with E-state index in [1.807, 2.05) is 0 Å². The van der Waals surface area contributed by atoms with Gasteiger partial charge >= 0.3 is 0 Å². The van der Waals surface area contributed by atoms with E-state index in [2.05, 4.69) is 32.7 Å². The van der Waals surface area contributed by atoms with Crippen molar-refractivity contribution in [3.8, 4) is 0 Å². The largest absolute Gasteiger partial charge is 0.300 e. The second-order valence-corrected chi connectivity index (χ2v) is 3.70. The first-order valence-electron chi connectivity index (χ1n) is 4.38. The van der Waals surface area contributed by atoms with Crippen LogP contribution < -0.4 is 0 Å². The molecule has 0 radical (unpaired) electrons. The van der Waals surface area contributed by atoms with Gasteiger partial charge in [0, 0.05) is 12.1 Å². The lowest BCUT2D eigenvalue weighted by Crippen LogP contribution is -2.31. The molecule has 10 heavy (non-hydrogen) atoms. The first-order valence-corrected chi connectivity index (χ1v) is 4.38. The zero-order valence-electron chi connectivity index (χ0n) is 7.59. The highest BCUT2D eigenvalue weighted by atomic mass is 15.2. The molecule has 0 aliphatic heterocycles. The molecule has 0 spiro atoms. The average Bonchev–Trinajstić information content (AvgIpc) is 2.63. The monoisotopic (exact) mass is 141 g/mol. The third-order valence-electron chi connectivity index (χ3n) is 2.88. The molecule has 0 heterocycles. The van der Waals surface area contributed by atoms with Crippen molar-refractivity contribution in [2.45, 2.75) is 45.7 Å². The predicted octanol–water partition coefficient (Wildman–Crippen LogP) is 2.13. The highest BCUT2D eigenvalue weighted by Crippen LogP contribution is 2.35. The van der Waals surface area contributed by atoms with Crippen molar-refractivity contribution in [2.75, 3.05) is 7.05 Å². The zero-order chi connectivity index (χ0) is 7.72. The van der Waals surface area contributed by atoms with Crippen molar-refractivity contribution >= 4 is 0 Å². The first-order chi connectivity index (χ1) is 4.66. The lowest BCUT2D eigenvalue weighted by atomic mass is 10.2. The number of hydrogen-bond donors (Lipinski definition) is 0. The molecule has 0 aromatic rings. The van der Waals surface area contributed by atoms with E-state index >= 15 is 0 Å². The van der Waals surface area contributed by atoms with Crippen LogP contribution in [0.3, 0.4) is 0 Å². The molecular weight excluding hydrogens is 122 g/mol. The third-order valence-corrected chi connectivity index (χ3v) is 2.88. The molecule has 3 atom stereocenters. The van der Waals surface area contributed by atoms with E-state index in [-0.39, 0.29) is 0 Å². The zero-order valence-corrected chi connectivity index (χ0v) is 7.59. The van der Waals surface area contributed by atoms with Gasteiger partial charge in [-0.05, 0) is 32.7 Å². The Morgan fingerprint density at radius 2 is 2.10 bits per heavy atom. The van der Waals surface area contributed by atoms with Gasteiger partial charge in [0.15, 0.2) is 0 Å². The minimum absolute atomic E-state index is 0.773. The summed E-state index contributed by atoms with van der Waals surface area (Å²) in [5, 5.41) is 0. The number of hydrogen-bond acceptors (Lipinski definition) is 1. The Labute approximate surface area is 64.4 Å². The van der Waals surface area contributed by atoms with Crippen LogP contribution in [0.5, 0.6) is 0 Å². The molecule has 0 bridgehead atoms. The van der Waals surface area contributed by atoms with Gasteiger partial charge in [0.05, 0.1) is 0 Å². The molecule has 1 aliphatic carbocycles. The molecular formula is C9H19N. The third kappa shape index (κ3) is 1.51. The maximum atomic E-state index is 2.52. The van der Waals surface area contributed by atoms with E-state index in [4.69, 9.17) is 0 Å². The molecule has 1 saturated carbocycles. The fourth-order valence-corrected chi connectivity index (χ4v) is 1.48. The standard InChI is InChI=1S/C9H19N/c1-5-8(3)10(4)9-6-7(9)2/h7-9H,5-6H2,1-4H3. The van der Waals surface area contributed by atoms with E-state index in [1.165, 1.54) is 12.8 Å². The van der Waals surface area contributed by atoms with Crippen LogP contribution in [0.4, 0.5) is 0 Å². The van der Waals surface area contributed by atoms with Gasteiger partial charge in [0.25, 0.3) is 0 Å². The fourth-order valence-electron chi connectivity index (χ4n) is 1.48. The van der Waals surface area contributed by atoms with Gasteiger partial charge in [-0.1, -0.05) is 13.8 Å². The Kier molecular flexibility index (Phi) is 2.35. The molecule has 1 rings (SSSR count). The van der Waals surface area contributed by atoms with E-state index in [9.17, 15) is 0 Å². The quantitative estimate of drug-likeness (QED) is 0.582. The van der Waals surface area contributed by atoms with Crippen molar-refractivity contribution in [1.29, 1.82) is 0 Å². The van der Waals surface area contributed by atoms with Crippen LogP contribution in [0.15, 0.2) is 0 Å². The summed E-state index contributed by atoms with van der Waals surface area (Å²) < 4.78 is 0.